The lowest BCUT2D eigenvalue weighted by Gasteiger charge is -2.38. The molecule has 1 aromatic heterocycles. The molecular weight excluding hydrogens is 246 g/mol. The summed E-state index contributed by atoms with van der Waals surface area (Å²) in [6, 6.07) is 0.399. The fourth-order valence-electron chi connectivity index (χ4n) is 3.55. The number of carbonyl (C=O) groups excluding carboxylic acids is 1. The summed E-state index contributed by atoms with van der Waals surface area (Å²) in [5.74, 6) is -0.502. The van der Waals surface area contributed by atoms with Gasteiger partial charge in [-0.3, -0.25) is 14.7 Å². The molecule has 2 aliphatic rings. The lowest BCUT2D eigenvalue weighted by molar-refractivity contribution is -0.138. The number of nitrogens with zero attached hydrogens (tertiary/aromatic N) is 2. The maximum absolute atomic E-state index is 12.4. The molecule has 3 heterocycles. The first kappa shape index (κ1) is 12.2. The average molecular weight is 263 g/mol. The van der Waals surface area contributed by atoms with E-state index in [4.69, 9.17) is 5.11 Å². The molecule has 3 rings (SSSR count). The largest absolute Gasteiger partial charge is 0.481 e. The molecule has 2 N–H and O–H groups in total. The number of hydrogen-bond acceptors (Lipinski definition) is 3. The number of carboxylic acid groups (broad SMARTS) is 1. The highest BCUT2D eigenvalue weighted by Crippen LogP contribution is 2.40. The van der Waals surface area contributed by atoms with E-state index in [9.17, 15) is 9.59 Å². The van der Waals surface area contributed by atoms with E-state index in [1.165, 1.54) is 0 Å². The van der Waals surface area contributed by atoms with Crippen LogP contribution in [0.5, 0.6) is 0 Å². The highest BCUT2D eigenvalue weighted by molar-refractivity contribution is 5.94. The third-order valence-corrected chi connectivity index (χ3v) is 4.27. The van der Waals surface area contributed by atoms with E-state index in [2.05, 4.69) is 10.2 Å². The number of carbonyl (C=O) groups is 2. The molecule has 102 valence electrons. The number of fused-ring (bicyclic) bond motifs is 2. The van der Waals surface area contributed by atoms with Crippen molar-refractivity contribution in [3.63, 3.8) is 0 Å². The van der Waals surface area contributed by atoms with Crippen molar-refractivity contribution in [2.75, 3.05) is 0 Å². The van der Waals surface area contributed by atoms with Crippen LogP contribution in [0.2, 0.25) is 0 Å². The van der Waals surface area contributed by atoms with Gasteiger partial charge >= 0.3 is 5.97 Å². The van der Waals surface area contributed by atoms with E-state index < -0.39 is 5.97 Å². The number of aromatic nitrogens is 2. The van der Waals surface area contributed by atoms with Gasteiger partial charge in [-0.2, -0.15) is 5.10 Å². The van der Waals surface area contributed by atoms with Crippen LogP contribution in [0.15, 0.2) is 12.4 Å². The van der Waals surface area contributed by atoms with Gasteiger partial charge in [0.15, 0.2) is 0 Å². The predicted octanol–water partition coefficient (Wildman–Crippen LogP) is 1.27. The Morgan fingerprint density at radius 3 is 2.58 bits per heavy atom. The predicted molar refractivity (Wildman–Crippen MR) is 66.5 cm³/mol. The lowest BCUT2D eigenvalue weighted by atomic mass is 9.88. The normalized spacial score (nSPS) is 29.5. The summed E-state index contributed by atoms with van der Waals surface area (Å²) >= 11 is 0. The number of aliphatic carboxylic acids is 1. The second kappa shape index (κ2) is 4.68. The molecule has 2 bridgehead atoms. The van der Waals surface area contributed by atoms with E-state index in [0.717, 1.165) is 25.7 Å². The zero-order valence-electron chi connectivity index (χ0n) is 10.6. The van der Waals surface area contributed by atoms with Crippen molar-refractivity contribution < 1.29 is 14.7 Å². The van der Waals surface area contributed by atoms with Crippen molar-refractivity contribution in [1.82, 2.24) is 15.1 Å². The molecule has 2 saturated heterocycles. The van der Waals surface area contributed by atoms with Crippen LogP contribution in [0.25, 0.3) is 0 Å². The Labute approximate surface area is 110 Å². The summed E-state index contributed by atoms with van der Waals surface area (Å²) in [7, 11) is 0. The van der Waals surface area contributed by atoms with Gasteiger partial charge in [-0.25, -0.2) is 0 Å². The molecule has 0 saturated carbocycles. The van der Waals surface area contributed by atoms with Crippen LogP contribution in [0.3, 0.4) is 0 Å². The van der Waals surface area contributed by atoms with E-state index >= 15 is 0 Å². The van der Waals surface area contributed by atoms with Gasteiger partial charge < -0.3 is 10.0 Å². The van der Waals surface area contributed by atoms with Crippen molar-refractivity contribution in [3.8, 4) is 0 Å². The number of aromatic amines is 1. The molecule has 2 atom stereocenters. The Kier molecular flexibility index (Phi) is 3.00. The molecule has 2 aliphatic heterocycles. The van der Waals surface area contributed by atoms with Crippen molar-refractivity contribution in [2.24, 2.45) is 5.92 Å². The van der Waals surface area contributed by atoms with Gasteiger partial charge in [0.25, 0.3) is 5.91 Å². The van der Waals surface area contributed by atoms with Gasteiger partial charge in [0, 0.05) is 24.7 Å². The molecule has 19 heavy (non-hydrogen) atoms. The number of amides is 1. The minimum absolute atomic E-state index is 0.0232. The summed E-state index contributed by atoms with van der Waals surface area (Å²) in [6.07, 6.45) is 6.99. The highest BCUT2D eigenvalue weighted by atomic mass is 16.4. The molecule has 2 fully saturated rings. The van der Waals surface area contributed by atoms with Gasteiger partial charge in [0.1, 0.15) is 0 Å². The minimum atomic E-state index is -0.737. The third kappa shape index (κ3) is 2.22. The van der Waals surface area contributed by atoms with Gasteiger partial charge in [-0.05, 0) is 31.6 Å². The second-order valence-electron chi connectivity index (χ2n) is 5.52. The molecule has 0 radical (unpaired) electrons. The van der Waals surface area contributed by atoms with Crippen molar-refractivity contribution in [2.45, 2.75) is 44.2 Å². The standard InChI is InChI=1S/C13H17N3O3/c17-12(18)5-8-3-10-1-2-11(4-8)16(10)13(19)9-6-14-15-7-9/h6-8,10-11H,1-5H2,(H,14,15)(H,17,18). The van der Waals surface area contributed by atoms with Crippen LogP contribution >= 0.6 is 0 Å². The maximum Gasteiger partial charge on any atom is 0.303 e. The molecule has 0 aromatic carbocycles. The van der Waals surface area contributed by atoms with Crippen LogP contribution in [0.4, 0.5) is 0 Å². The number of rotatable bonds is 3. The lowest BCUT2D eigenvalue weighted by Crippen LogP contribution is -2.46. The van der Waals surface area contributed by atoms with Crippen LogP contribution in [-0.4, -0.2) is 44.2 Å². The number of H-pyrrole nitrogens is 1. The molecule has 0 spiro atoms. The second-order valence-corrected chi connectivity index (χ2v) is 5.52. The summed E-state index contributed by atoms with van der Waals surface area (Å²) < 4.78 is 0. The van der Waals surface area contributed by atoms with E-state index in [1.54, 1.807) is 12.4 Å². The summed E-state index contributed by atoms with van der Waals surface area (Å²) in [6.45, 7) is 0. The first-order valence-corrected chi connectivity index (χ1v) is 6.68. The average Bonchev–Trinajstić information content (AvgIpc) is 2.95. The number of hydrogen-bond donors (Lipinski definition) is 2. The van der Waals surface area contributed by atoms with Gasteiger partial charge in [0.2, 0.25) is 0 Å². The molecular formula is C13H17N3O3. The Bertz CT molecular complexity index is 471. The number of carboxylic acids is 1. The fourth-order valence-corrected chi connectivity index (χ4v) is 3.55. The first-order valence-electron chi connectivity index (χ1n) is 6.68. The molecule has 1 amide bonds. The van der Waals surface area contributed by atoms with Crippen molar-refractivity contribution in [3.05, 3.63) is 18.0 Å². The van der Waals surface area contributed by atoms with Gasteiger partial charge in [-0.15, -0.1) is 0 Å². The SMILES string of the molecule is O=C(O)CC1CC2CCC(C1)N2C(=O)c1cn[nH]c1. The Morgan fingerprint density at radius 2 is 2.05 bits per heavy atom. The summed E-state index contributed by atoms with van der Waals surface area (Å²) in [5.41, 5.74) is 0.591. The van der Waals surface area contributed by atoms with Crippen LogP contribution in [0.1, 0.15) is 42.5 Å². The smallest absolute Gasteiger partial charge is 0.303 e. The minimum Gasteiger partial charge on any atom is -0.481 e. The van der Waals surface area contributed by atoms with Gasteiger partial charge in [-0.1, -0.05) is 0 Å². The first-order chi connectivity index (χ1) is 9.15. The fraction of sp³-hybridized carbons (Fsp3) is 0.615. The van der Waals surface area contributed by atoms with Crippen molar-refractivity contribution >= 4 is 11.9 Å². The number of nitrogens with one attached hydrogen (secondary N) is 1. The molecule has 6 nitrogen and oxygen atoms in total. The van der Waals surface area contributed by atoms with E-state index in [1.807, 2.05) is 4.90 Å². The van der Waals surface area contributed by atoms with Crippen molar-refractivity contribution in [1.29, 1.82) is 0 Å². The zero-order valence-corrected chi connectivity index (χ0v) is 10.6. The van der Waals surface area contributed by atoms with Gasteiger partial charge in [0.05, 0.1) is 11.8 Å². The topological polar surface area (TPSA) is 86.3 Å². The molecule has 1 aromatic rings. The quantitative estimate of drug-likeness (QED) is 0.859. The Morgan fingerprint density at radius 1 is 1.37 bits per heavy atom. The molecule has 2 unspecified atom stereocenters. The monoisotopic (exact) mass is 263 g/mol. The summed E-state index contributed by atoms with van der Waals surface area (Å²) in [5, 5.41) is 15.4. The highest BCUT2D eigenvalue weighted by Gasteiger charge is 2.43. The molecule has 6 heteroatoms. The van der Waals surface area contributed by atoms with Crippen LogP contribution in [0, 0.1) is 5.92 Å². The van der Waals surface area contributed by atoms with E-state index in [-0.39, 0.29) is 30.3 Å². The number of piperidine rings is 1. The van der Waals surface area contributed by atoms with Crippen LogP contribution < -0.4 is 0 Å². The summed E-state index contributed by atoms with van der Waals surface area (Å²) in [4.78, 5) is 25.2. The molecule has 0 aliphatic carbocycles. The zero-order chi connectivity index (χ0) is 13.4. The maximum atomic E-state index is 12.4. The van der Waals surface area contributed by atoms with Crippen LogP contribution in [-0.2, 0) is 4.79 Å². The Hall–Kier alpha value is -1.85. The third-order valence-electron chi connectivity index (χ3n) is 4.27. The Balaban J connectivity index is 1.73. The van der Waals surface area contributed by atoms with E-state index in [0.29, 0.717) is 5.56 Å².